The maximum absolute atomic E-state index is 13.9. The van der Waals surface area contributed by atoms with E-state index in [0.29, 0.717) is 17.6 Å². The first kappa shape index (κ1) is 27.1. The highest BCUT2D eigenvalue weighted by Crippen LogP contribution is 2.53. The Morgan fingerprint density at radius 1 is 1.09 bits per heavy atom. The van der Waals surface area contributed by atoms with Crippen LogP contribution in [0.25, 0.3) is 0 Å². The predicted molar refractivity (Wildman–Crippen MR) is 132 cm³/mol. The number of esters is 1. The molecule has 7 heteroatoms. The van der Waals surface area contributed by atoms with Crippen molar-refractivity contribution in [3.8, 4) is 0 Å². The maximum Gasteiger partial charge on any atom is 0.323 e. The lowest BCUT2D eigenvalue weighted by Crippen LogP contribution is -2.61. The Balaban J connectivity index is 2.95. The van der Waals surface area contributed by atoms with Crippen LogP contribution in [-0.4, -0.2) is 32.9 Å². The van der Waals surface area contributed by atoms with E-state index < -0.39 is 25.6 Å². The van der Waals surface area contributed by atoms with Crippen molar-refractivity contribution in [1.82, 2.24) is 5.32 Å². The number of carbonyl (C=O) groups is 2. The van der Waals surface area contributed by atoms with Crippen LogP contribution in [-0.2, 0) is 18.8 Å². The summed E-state index contributed by atoms with van der Waals surface area (Å²) >= 11 is 0. The number of hydrogen-bond donors (Lipinski definition) is 1. The standard InChI is InChI=1S/C26H40FNO4Si/c1-10-26(25(30)31-11-2)21(18-12-14-19(27)15-13-18)20(24(29)32-33(7,8)9)22(16(3)4)28-23(26)17(5)6/h12-17,21,23,28H,10-11H2,1-9H3. The summed E-state index contributed by atoms with van der Waals surface area (Å²) in [5, 5.41) is 3.58. The lowest BCUT2D eigenvalue weighted by molar-refractivity contribution is -0.161. The van der Waals surface area contributed by atoms with Gasteiger partial charge in [0.25, 0.3) is 0 Å². The normalized spacial score (nSPS) is 23.5. The minimum absolute atomic E-state index is 0.00423. The summed E-state index contributed by atoms with van der Waals surface area (Å²) in [6, 6.07) is 5.82. The van der Waals surface area contributed by atoms with Crippen LogP contribution in [0.3, 0.4) is 0 Å². The summed E-state index contributed by atoms with van der Waals surface area (Å²) in [7, 11) is -2.23. The van der Waals surface area contributed by atoms with E-state index in [1.165, 1.54) is 12.1 Å². The van der Waals surface area contributed by atoms with Crippen LogP contribution in [0.5, 0.6) is 0 Å². The molecule has 1 aliphatic rings. The van der Waals surface area contributed by atoms with Crippen LogP contribution < -0.4 is 5.32 Å². The molecule has 0 radical (unpaired) electrons. The van der Waals surface area contributed by atoms with E-state index in [1.807, 2.05) is 40.4 Å². The third kappa shape index (κ3) is 5.50. The van der Waals surface area contributed by atoms with Crippen LogP contribution in [0.2, 0.25) is 19.6 Å². The molecule has 3 unspecified atom stereocenters. The minimum Gasteiger partial charge on any atom is -0.517 e. The van der Waals surface area contributed by atoms with Crippen molar-refractivity contribution in [2.75, 3.05) is 6.61 Å². The molecule has 0 saturated carbocycles. The van der Waals surface area contributed by atoms with E-state index >= 15 is 0 Å². The van der Waals surface area contributed by atoms with Crippen molar-refractivity contribution in [2.45, 2.75) is 79.6 Å². The molecule has 0 saturated heterocycles. The first-order chi connectivity index (χ1) is 15.3. The molecule has 0 amide bonds. The van der Waals surface area contributed by atoms with Gasteiger partial charge in [-0.25, -0.2) is 9.18 Å². The third-order valence-electron chi connectivity index (χ3n) is 6.27. The van der Waals surface area contributed by atoms with Gasteiger partial charge in [-0.1, -0.05) is 46.8 Å². The molecule has 0 fully saturated rings. The zero-order chi connectivity index (χ0) is 25.1. The summed E-state index contributed by atoms with van der Waals surface area (Å²) in [5.74, 6) is -1.70. The van der Waals surface area contributed by atoms with Gasteiger partial charge in [0.1, 0.15) is 5.82 Å². The van der Waals surface area contributed by atoms with Crippen molar-refractivity contribution < 1.29 is 23.1 Å². The Kier molecular flexibility index (Phi) is 8.55. The Hall–Kier alpha value is -2.15. The molecule has 1 aromatic rings. The molecule has 0 spiro atoms. The quantitative estimate of drug-likeness (QED) is 0.379. The Morgan fingerprint density at radius 3 is 2.09 bits per heavy atom. The van der Waals surface area contributed by atoms with Gasteiger partial charge in [-0.2, -0.15) is 0 Å². The second-order valence-corrected chi connectivity index (χ2v) is 14.9. The van der Waals surface area contributed by atoms with Gasteiger partial charge in [-0.05, 0) is 62.5 Å². The number of halogens is 1. The molecular weight excluding hydrogens is 437 g/mol. The zero-order valence-electron chi connectivity index (χ0n) is 21.5. The molecule has 33 heavy (non-hydrogen) atoms. The molecule has 1 aliphatic heterocycles. The Bertz CT molecular complexity index is 889. The van der Waals surface area contributed by atoms with Crippen LogP contribution in [0.4, 0.5) is 4.39 Å². The second kappa shape index (κ2) is 10.4. The number of rotatable bonds is 8. The third-order valence-corrected chi connectivity index (χ3v) is 7.06. The van der Waals surface area contributed by atoms with Crippen LogP contribution in [0.1, 0.15) is 59.4 Å². The molecule has 1 N–H and O–H groups in total. The molecule has 1 aromatic carbocycles. The van der Waals surface area contributed by atoms with Gasteiger partial charge in [0, 0.05) is 17.7 Å². The number of nitrogens with one attached hydrogen (secondary N) is 1. The van der Waals surface area contributed by atoms with Gasteiger partial charge in [0.05, 0.1) is 17.6 Å². The molecule has 1 heterocycles. The topological polar surface area (TPSA) is 64.6 Å². The summed E-state index contributed by atoms with van der Waals surface area (Å²) in [4.78, 5) is 27.5. The Labute approximate surface area is 199 Å². The van der Waals surface area contributed by atoms with Crippen LogP contribution >= 0.6 is 0 Å². The SMILES string of the molecule is CCOC(=O)C1(CC)C(c2ccc(F)cc2)C(C(=O)O[Si](C)(C)C)=C(C(C)C)NC1C(C)C. The molecule has 0 aromatic heterocycles. The summed E-state index contributed by atoms with van der Waals surface area (Å²) in [6.45, 7) is 18.0. The fraction of sp³-hybridized carbons (Fsp3) is 0.615. The Morgan fingerprint density at radius 2 is 1.67 bits per heavy atom. The minimum atomic E-state index is -2.23. The molecule has 184 valence electrons. The van der Waals surface area contributed by atoms with Gasteiger partial charge < -0.3 is 14.5 Å². The number of allylic oxidation sites excluding steroid dienone is 1. The molecule has 3 atom stereocenters. The second-order valence-electron chi connectivity index (χ2n) is 10.4. The van der Waals surface area contributed by atoms with Crippen molar-refractivity contribution in [3.05, 3.63) is 46.9 Å². The number of benzene rings is 1. The van der Waals surface area contributed by atoms with E-state index in [9.17, 15) is 14.0 Å². The number of hydrogen-bond acceptors (Lipinski definition) is 5. The monoisotopic (exact) mass is 477 g/mol. The van der Waals surface area contributed by atoms with Crippen LogP contribution in [0, 0.1) is 23.1 Å². The predicted octanol–water partition coefficient (Wildman–Crippen LogP) is 5.78. The van der Waals surface area contributed by atoms with Gasteiger partial charge in [0.15, 0.2) is 0 Å². The van der Waals surface area contributed by atoms with Crippen molar-refractivity contribution in [1.29, 1.82) is 0 Å². The fourth-order valence-corrected chi connectivity index (χ4v) is 5.63. The van der Waals surface area contributed by atoms with Gasteiger partial charge in [-0.3, -0.25) is 4.79 Å². The van der Waals surface area contributed by atoms with Gasteiger partial charge in [-0.15, -0.1) is 0 Å². The maximum atomic E-state index is 13.9. The van der Waals surface area contributed by atoms with E-state index in [4.69, 9.17) is 9.16 Å². The molecule has 5 nitrogen and oxygen atoms in total. The average Bonchev–Trinajstić information content (AvgIpc) is 2.71. The van der Waals surface area contributed by atoms with E-state index in [0.717, 1.165) is 5.70 Å². The highest BCUT2D eigenvalue weighted by Gasteiger charge is 2.59. The first-order valence-electron chi connectivity index (χ1n) is 12.0. The lowest BCUT2D eigenvalue weighted by Gasteiger charge is -2.51. The van der Waals surface area contributed by atoms with Gasteiger partial charge in [0.2, 0.25) is 8.32 Å². The first-order valence-corrected chi connectivity index (χ1v) is 15.4. The zero-order valence-corrected chi connectivity index (χ0v) is 22.5. The van der Waals surface area contributed by atoms with E-state index in [-0.39, 0.29) is 36.3 Å². The largest absolute Gasteiger partial charge is 0.517 e. The smallest absolute Gasteiger partial charge is 0.323 e. The summed E-state index contributed by atoms with van der Waals surface area (Å²) < 4.78 is 25.5. The van der Waals surface area contributed by atoms with Gasteiger partial charge >= 0.3 is 11.9 Å². The van der Waals surface area contributed by atoms with Crippen molar-refractivity contribution in [2.24, 2.45) is 17.3 Å². The number of carbonyl (C=O) groups excluding carboxylic acids is 2. The van der Waals surface area contributed by atoms with E-state index in [1.54, 1.807) is 19.1 Å². The molecule has 0 bridgehead atoms. The molecule has 0 aliphatic carbocycles. The van der Waals surface area contributed by atoms with Crippen molar-refractivity contribution >= 4 is 20.3 Å². The van der Waals surface area contributed by atoms with Crippen LogP contribution in [0.15, 0.2) is 35.5 Å². The fourth-order valence-electron chi connectivity index (χ4n) is 4.96. The molecule has 2 rings (SSSR count). The summed E-state index contributed by atoms with van der Waals surface area (Å²) in [6.07, 6.45) is 0.443. The lowest BCUT2D eigenvalue weighted by atomic mass is 9.58. The molecular formula is C26H40FNO4Si. The van der Waals surface area contributed by atoms with E-state index in [2.05, 4.69) is 19.2 Å². The summed E-state index contributed by atoms with van der Waals surface area (Å²) in [5.41, 5.74) is 0.874. The highest BCUT2D eigenvalue weighted by molar-refractivity contribution is 6.71. The average molecular weight is 478 g/mol. The van der Waals surface area contributed by atoms with Crippen molar-refractivity contribution in [3.63, 3.8) is 0 Å². The number of ether oxygens (including phenoxy) is 1. The highest BCUT2D eigenvalue weighted by atomic mass is 28.4.